The molecule has 4 atom stereocenters. The molecule has 0 aliphatic carbocycles. The lowest BCUT2D eigenvalue weighted by atomic mass is 10.0. The predicted molar refractivity (Wildman–Crippen MR) is 104 cm³/mol. The molecule has 2 aromatic rings. The Morgan fingerprint density at radius 3 is 2.24 bits per heavy atom. The third kappa shape index (κ3) is 5.41. The largest absolute Gasteiger partial charge is 0.471 e. The van der Waals surface area contributed by atoms with Crippen LogP contribution in [0.4, 0.5) is 18.9 Å². The molecule has 3 rings (SSSR count). The number of hydrogen-bond acceptors (Lipinski definition) is 10. The van der Waals surface area contributed by atoms with Crippen molar-refractivity contribution < 1.29 is 51.3 Å². The monoisotopic (exact) mass is 488 g/mol. The predicted octanol–water partition coefficient (Wildman–Crippen LogP) is 1.26. The fourth-order valence-electron chi connectivity index (χ4n) is 3.38. The van der Waals surface area contributed by atoms with Crippen LogP contribution in [0.3, 0.4) is 0 Å². The Labute approximate surface area is 189 Å². The lowest BCUT2D eigenvalue weighted by Crippen LogP contribution is -2.55. The number of alkyl halides is 3. The second kappa shape index (κ2) is 9.62. The maximum absolute atomic E-state index is 12.7. The summed E-state index contributed by atoms with van der Waals surface area (Å²) < 4.78 is 60.5. The lowest BCUT2D eigenvalue weighted by Gasteiger charge is -2.40. The Balaban J connectivity index is 2.02. The molecule has 0 unspecified atom stereocenters. The van der Waals surface area contributed by atoms with Crippen molar-refractivity contribution in [2.75, 3.05) is 11.9 Å². The number of fused-ring (bicyclic) bond motifs is 1. The van der Waals surface area contributed by atoms with Gasteiger partial charge in [0, 0.05) is 20.8 Å². The molecular weight excluding hydrogens is 469 g/mol. The van der Waals surface area contributed by atoms with E-state index in [2.05, 4.69) is 10.3 Å². The van der Waals surface area contributed by atoms with Gasteiger partial charge in [-0.05, 0) is 12.1 Å². The summed E-state index contributed by atoms with van der Waals surface area (Å²) in [6.45, 7) is 3.01. The smallest absolute Gasteiger partial charge is 0.456 e. The summed E-state index contributed by atoms with van der Waals surface area (Å²) in [6.07, 6.45) is -10.2. The van der Waals surface area contributed by atoms with Crippen molar-refractivity contribution in [1.82, 2.24) is 15.0 Å². The fraction of sp³-hybridized carbons (Fsp3) is 0.474. The standard InChI is InChI=1S/C19H19F3N4O8/c1-8(27)32-13-7-31-17(16(34-10(3)29)15(13)33-9(2)28)26-12-6-4-5-11(14(12)24-25-26)23-18(30)19(20,21)22/h4-6,13,15-17H,7H2,1-3H3,(H,23,30)/t13-,15+,16+,17+/m0/s1. The molecule has 0 spiro atoms. The second-order valence-corrected chi connectivity index (χ2v) is 7.18. The maximum Gasteiger partial charge on any atom is 0.471 e. The van der Waals surface area contributed by atoms with Crippen molar-refractivity contribution >= 4 is 40.5 Å². The number of halogens is 3. The van der Waals surface area contributed by atoms with E-state index in [1.165, 1.54) is 18.2 Å². The topological polar surface area (TPSA) is 148 Å². The van der Waals surface area contributed by atoms with Gasteiger partial charge in [-0.25, -0.2) is 4.68 Å². The summed E-state index contributed by atoms with van der Waals surface area (Å²) >= 11 is 0. The van der Waals surface area contributed by atoms with E-state index in [9.17, 15) is 32.3 Å². The quantitative estimate of drug-likeness (QED) is 0.482. The van der Waals surface area contributed by atoms with E-state index in [0.717, 1.165) is 25.5 Å². The summed E-state index contributed by atoms with van der Waals surface area (Å²) in [4.78, 5) is 46.3. The molecule has 1 amide bonds. The number of aromatic nitrogens is 3. The van der Waals surface area contributed by atoms with E-state index in [0.29, 0.717) is 0 Å². The summed E-state index contributed by atoms with van der Waals surface area (Å²) in [7, 11) is 0. The number of anilines is 1. The maximum atomic E-state index is 12.7. The van der Waals surface area contributed by atoms with Gasteiger partial charge < -0.3 is 24.3 Å². The fourth-order valence-corrected chi connectivity index (χ4v) is 3.38. The van der Waals surface area contributed by atoms with Crippen LogP contribution in [0.2, 0.25) is 0 Å². The highest BCUT2D eigenvalue weighted by molar-refractivity contribution is 6.01. The van der Waals surface area contributed by atoms with Crippen LogP contribution >= 0.6 is 0 Å². The van der Waals surface area contributed by atoms with Gasteiger partial charge in [0.25, 0.3) is 0 Å². The molecule has 0 radical (unpaired) electrons. The van der Waals surface area contributed by atoms with Gasteiger partial charge in [0.1, 0.15) is 5.52 Å². The SMILES string of the molecule is CC(=O)O[C@@H]1[C@H](OC(C)=O)[C@@H](OC(C)=O)CO[C@H]1n1nnc2c(NC(=O)C(F)(F)F)cccc21. The molecule has 1 aromatic carbocycles. The number of benzene rings is 1. The number of nitrogens with one attached hydrogen (secondary N) is 1. The van der Waals surface area contributed by atoms with E-state index in [-0.39, 0.29) is 23.3 Å². The van der Waals surface area contributed by atoms with Crippen LogP contribution in [0, 0.1) is 0 Å². The molecule has 1 saturated heterocycles. The molecule has 1 aromatic heterocycles. The number of hydrogen-bond donors (Lipinski definition) is 1. The van der Waals surface area contributed by atoms with Gasteiger partial charge in [0.05, 0.1) is 17.8 Å². The third-order valence-corrected chi connectivity index (χ3v) is 4.57. The highest BCUT2D eigenvalue weighted by Gasteiger charge is 2.48. The van der Waals surface area contributed by atoms with Gasteiger partial charge in [-0.1, -0.05) is 11.3 Å². The first-order valence-corrected chi connectivity index (χ1v) is 9.73. The van der Waals surface area contributed by atoms with Crippen LogP contribution < -0.4 is 5.32 Å². The van der Waals surface area contributed by atoms with E-state index in [1.54, 1.807) is 5.32 Å². The Bertz CT molecular complexity index is 1120. The van der Waals surface area contributed by atoms with E-state index in [1.807, 2.05) is 0 Å². The number of amides is 1. The zero-order valence-electron chi connectivity index (χ0n) is 18.0. The summed E-state index contributed by atoms with van der Waals surface area (Å²) in [5.41, 5.74) is -0.286. The van der Waals surface area contributed by atoms with Gasteiger partial charge in [0.15, 0.2) is 24.5 Å². The summed E-state index contributed by atoms with van der Waals surface area (Å²) in [5, 5.41) is 9.40. The number of esters is 3. The van der Waals surface area contributed by atoms with Crippen LogP contribution in [0.15, 0.2) is 18.2 Å². The minimum atomic E-state index is -5.13. The molecule has 0 bridgehead atoms. The first-order valence-electron chi connectivity index (χ1n) is 9.73. The molecule has 12 nitrogen and oxygen atoms in total. The molecule has 34 heavy (non-hydrogen) atoms. The minimum absolute atomic E-state index is 0.106. The Kier molecular flexibility index (Phi) is 7.04. The van der Waals surface area contributed by atoms with Crippen LogP contribution in [0.5, 0.6) is 0 Å². The van der Waals surface area contributed by atoms with E-state index in [4.69, 9.17) is 18.9 Å². The zero-order chi connectivity index (χ0) is 25.2. The zero-order valence-corrected chi connectivity index (χ0v) is 18.0. The molecule has 0 saturated carbocycles. The van der Waals surface area contributed by atoms with Gasteiger partial charge in [0.2, 0.25) is 0 Å². The number of carbonyl (C=O) groups excluding carboxylic acids is 4. The van der Waals surface area contributed by atoms with Crippen LogP contribution in [-0.2, 0) is 38.1 Å². The van der Waals surface area contributed by atoms with Crippen LogP contribution in [0.1, 0.15) is 27.0 Å². The van der Waals surface area contributed by atoms with Crippen molar-refractivity contribution in [3.05, 3.63) is 18.2 Å². The molecule has 15 heteroatoms. The van der Waals surface area contributed by atoms with Crippen molar-refractivity contribution in [2.24, 2.45) is 0 Å². The molecule has 1 N–H and O–H groups in total. The second-order valence-electron chi connectivity index (χ2n) is 7.18. The highest BCUT2D eigenvalue weighted by atomic mass is 19.4. The normalized spacial score (nSPS) is 22.6. The third-order valence-electron chi connectivity index (χ3n) is 4.57. The average molecular weight is 488 g/mol. The molecular formula is C19H19F3N4O8. The highest BCUT2D eigenvalue weighted by Crippen LogP contribution is 2.33. The Hall–Kier alpha value is -3.75. The number of nitrogens with zero attached hydrogens (tertiary/aromatic N) is 3. The van der Waals surface area contributed by atoms with Crippen LogP contribution in [0.25, 0.3) is 11.0 Å². The molecule has 1 fully saturated rings. The summed E-state index contributed by atoms with van der Waals surface area (Å²) in [5.74, 6) is -4.47. The van der Waals surface area contributed by atoms with Gasteiger partial charge in [-0.3, -0.25) is 19.2 Å². The molecule has 1 aliphatic rings. The van der Waals surface area contributed by atoms with Gasteiger partial charge in [-0.2, -0.15) is 13.2 Å². The first-order chi connectivity index (χ1) is 15.9. The Morgan fingerprint density at radius 1 is 1.03 bits per heavy atom. The van der Waals surface area contributed by atoms with Crippen LogP contribution in [-0.4, -0.2) is 69.9 Å². The first kappa shape index (κ1) is 24.9. The van der Waals surface area contributed by atoms with Gasteiger partial charge in [-0.15, -0.1) is 5.10 Å². The van der Waals surface area contributed by atoms with Gasteiger partial charge >= 0.3 is 30.0 Å². The molecule has 1 aliphatic heterocycles. The van der Waals surface area contributed by atoms with E-state index < -0.39 is 54.5 Å². The number of carbonyl (C=O) groups is 4. The van der Waals surface area contributed by atoms with Crippen molar-refractivity contribution in [2.45, 2.75) is 51.5 Å². The average Bonchev–Trinajstić information content (AvgIpc) is 3.13. The molecule has 2 heterocycles. The van der Waals surface area contributed by atoms with E-state index >= 15 is 0 Å². The van der Waals surface area contributed by atoms with Crippen molar-refractivity contribution in [3.63, 3.8) is 0 Å². The lowest BCUT2D eigenvalue weighted by molar-refractivity contribution is -0.241. The Morgan fingerprint density at radius 2 is 1.65 bits per heavy atom. The number of ether oxygens (including phenoxy) is 4. The molecule has 184 valence electrons. The minimum Gasteiger partial charge on any atom is -0.456 e. The number of rotatable bonds is 5. The van der Waals surface area contributed by atoms with Crippen molar-refractivity contribution in [3.8, 4) is 0 Å². The summed E-state index contributed by atoms with van der Waals surface area (Å²) in [6, 6.07) is 3.95. The van der Waals surface area contributed by atoms with Crippen molar-refractivity contribution in [1.29, 1.82) is 0 Å².